The second-order valence-corrected chi connectivity index (χ2v) is 8.95. The Bertz CT molecular complexity index is 1390. The minimum atomic E-state index is -1.59. The van der Waals surface area contributed by atoms with E-state index in [1.807, 2.05) is 0 Å². The molecule has 1 saturated heterocycles. The van der Waals surface area contributed by atoms with Gasteiger partial charge in [-0.1, -0.05) is 39.7 Å². The monoisotopic (exact) mass is 540 g/mol. The van der Waals surface area contributed by atoms with Gasteiger partial charge in [-0.15, -0.1) is 10.2 Å². The summed E-state index contributed by atoms with van der Waals surface area (Å²) < 4.78 is 49.4. The van der Waals surface area contributed by atoms with Gasteiger partial charge in [-0.2, -0.15) is 0 Å². The van der Waals surface area contributed by atoms with Crippen LogP contribution in [0.5, 0.6) is 0 Å². The van der Waals surface area contributed by atoms with E-state index >= 15 is 0 Å². The number of hydrogen-bond acceptors (Lipinski definition) is 7. The number of nitrogens with zero attached hydrogens (tertiary/aromatic N) is 6. The molecule has 0 aliphatic carbocycles. The largest absolute Gasteiger partial charge is 0.394 e. The van der Waals surface area contributed by atoms with E-state index in [0.29, 0.717) is 21.3 Å². The summed E-state index contributed by atoms with van der Waals surface area (Å²) in [6, 6.07) is 5.81. The van der Waals surface area contributed by atoms with Crippen molar-refractivity contribution < 1.29 is 28.1 Å². The van der Waals surface area contributed by atoms with Gasteiger partial charge in [-0.05, 0) is 24.3 Å². The van der Waals surface area contributed by atoms with Gasteiger partial charge < -0.3 is 14.9 Å². The molecular formula is C22H17Cl2F3N6O3. The number of ether oxygens (including phenoxy) is 1. The predicted molar refractivity (Wildman–Crippen MR) is 121 cm³/mol. The Labute approximate surface area is 211 Å². The fourth-order valence-corrected chi connectivity index (χ4v) is 4.40. The molecule has 3 heterocycles. The second-order valence-electron chi connectivity index (χ2n) is 8.14. The van der Waals surface area contributed by atoms with E-state index in [0.717, 1.165) is 12.1 Å². The summed E-state index contributed by atoms with van der Waals surface area (Å²) in [5, 5.41) is 37.3. The molecule has 2 aromatic carbocycles. The van der Waals surface area contributed by atoms with Crippen molar-refractivity contribution in [2.75, 3.05) is 6.61 Å². The molecule has 5 rings (SSSR count). The number of halogens is 5. The van der Waals surface area contributed by atoms with Gasteiger partial charge in [0, 0.05) is 17.5 Å². The van der Waals surface area contributed by atoms with Gasteiger partial charge in [0.2, 0.25) is 0 Å². The fraction of sp³-hybridized carbons (Fsp3) is 0.273. The number of aromatic nitrogens is 6. The fourth-order valence-electron chi connectivity index (χ4n) is 4.10. The smallest absolute Gasteiger partial charge is 0.194 e. The average molecular weight is 541 g/mol. The third-order valence-electron chi connectivity index (χ3n) is 5.92. The SMILES string of the molecule is OC[C@H]1OC(n2nncc2-c2ccc(Cl)c(Cl)c2)C[C@@H](n2cc(-c3cc(F)c(F)c(F)c3)nn2)[C@H]1O. The summed E-state index contributed by atoms with van der Waals surface area (Å²) in [6.45, 7) is -0.513. The van der Waals surface area contributed by atoms with Crippen LogP contribution in [0.15, 0.2) is 42.7 Å². The molecule has 1 aliphatic heterocycles. The summed E-state index contributed by atoms with van der Waals surface area (Å²) in [4.78, 5) is 0. The predicted octanol–water partition coefficient (Wildman–Crippen LogP) is 3.81. The molecule has 0 saturated carbocycles. The molecule has 0 spiro atoms. The summed E-state index contributed by atoms with van der Waals surface area (Å²) >= 11 is 12.2. The molecule has 4 atom stereocenters. The number of aliphatic hydroxyl groups is 2. The molecule has 36 heavy (non-hydrogen) atoms. The quantitative estimate of drug-likeness (QED) is 0.370. The minimum absolute atomic E-state index is 0.0346. The maximum atomic E-state index is 13.7. The van der Waals surface area contributed by atoms with Crippen LogP contribution in [-0.4, -0.2) is 59.0 Å². The molecule has 0 bridgehead atoms. The van der Waals surface area contributed by atoms with Gasteiger partial charge in [-0.3, -0.25) is 0 Å². The highest BCUT2D eigenvalue weighted by Crippen LogP contribution is 2.37. The van der Waals surface area contributed by atoms with Gasteiger partial charge >= 0.3 is 0 Å². The normalized spacial score (nSPS) is 22.2. The highest BCUT2D eigenvalue weighted by atomic mass is 35.5. The zero-order chi connectivity index (χ0) is 25.6. The van der Waals surface area contributed by atoms with Crippen LogP contribution >= 0.6 is 23.2 Å². The highest BCUT2D eigenvalue weighted by molar-refractivity contribution is 6.42. The summed E-state index contributed by atoms with van der Waals surface area (Å²) in [6.07, 6.45) is -0.0481. The van der Waals surface area contributed by atoms with Gasteiger partial charge in [0.25, 0.3) is 0 Å². The molecule has 188 valence electrons. The number of aliphatic hydroxyl groups excluding tert-OH is 2. The molecular weight excluding hydrogens is 524 g/mol. The summed E-state index contributed by atoms with van der Waals surface area (Å²) in [5.41, 5.74) is 1.22. The van der Waals surface area contributed by atoms with E-state index in [1.165, 1.54) is 21.8 Å². The van der Waals surface area contributed by atoms with Gasteiger partial charge in [0.15, 0.2) is 23.7 Å². The average Bonchev–Trinajstić information content (AvgIpc) is 3.54. The maximum Gasteiger partial charge on any atom is 0.194 e. The lowest BCUT2D eigenvalue weighted by Crippen LogP contribution is -2.46. The molecule has 2 aromatic heterocycles. The third kappa shape index (κ3) is 4.46. The van der Waals surface area contributed by atoms with Crippen LogP contribution < -0.4 is 0 Å². The second kappa shape index (κ2) is 9.79. The zero-order valence-electron chi connectivity index (χ0n) is 18.1. The Balaban J connectivity index is 1.47. The summed E-state index contributed by atoms with van der Waals surface area (Å²) in [5.74, 6) is -4.33. The minimum Gasteiger partial charge on any atom is -0.394 e. The van der Waals surface area contributed by atoms with E-state index in [1.54, 1.807) is 18.2 Å². The van der Waals surface area contributed by atoms with Crippen LogP contribution in [0.2, 0.25) is 10.0 Å². The molecule has 0 radical (unpaired) electrons. The summed E-state index contributed by atoms with van der Waals surface area (Å²) in [7, 11) is 0. The third-order valence-corrected chi connectivity index (χ3v) is 6.66. The van der Waals surface area contributed by atoms with Crippen molar-refractivity contribution in [3.8, 4) is 22.5 Å². The lowest BCUT2D eigenvalue weighted by molar-refractivity contribution is -0.183. The van der Waals surface area contributed by atoms with Crippen LogP contribution in [0.3, 0.4) is 0 Å². The van der Waals surface area contributed by atoms with Crippen LogP contribution in [-0.2, 0) is 4.74 Å². The van der Waals surface area contributed by atoms with Crippen LogP contribution in [0.4, 0.5) is 13.2 Å². The first-order valence-electron chi connectivity index (χ1n) is 10.6. The first kappa shape index (κ1) is 24.7. The van der Waals surface area contributed by atoms with Gasteiger partial charge in [-0.25, -0.2) is 22.5 Å². The van der Waals surface area contributed by atoms with Crippen molar-refractivity contribution >= 4 is 23.2 Å². The van der Waals surface area contributed by atoms with Crippen LogP contribution in [0.25, 0.3) is 22.5 Å². The molecule has 14 heteroatoms. The van der Waals surface area contributed by atoms with Gasteiger partial charge in [0.1, 0.15) is 17.9 Å². The lowest BCUT2D eigenvalue weighted by atomic mass is 9.98. The number of hydrogen-bond donors (Lipinski definition) is 2. The van der Waals surface area contributed by atoms with Crippen molar-refractivity contribution in [2.24, 2.45) is 0 Å². The van der Waals surface area contributed by atoms with E-state index in [2.05, 4.69) is 20.6 Å². The van der Waals surface area contributed by atoms with Crippen molar-refractivity contribution in [1.82, 2.24) is 30.0 Å². The topological polar surface area (TPSA) is 111 Å². The maximum absolute atomic E-state index is 13.7. The van der Waals surface area contributed by atoms with Crippen molar-refractivity contribution in [3.05, 3.63) is 70.2 Å². The zero-order valence-corrected chi connectivity index (χ0v) is 19.7. The van der Waals surface area contributed by atoms with E-state index in [-0.39, 0.29) is 17.7 Å². The van der Waals surface area contributed by atoms with Crippen molar-refractivity contribution in [1.29, 1.82) is 0 Å². The van der Waals surface area contributed by atoms with Crippen molar-refractivity contribution in [3.63, 3.8) is 0 Å². The van der Waals surface area contributed by atoms with E-state index < -0.39 is 48.5 Å². The highest BCUT2D eigenvalue weighted by Gasteiger charge is 2.41. The standard InChI is InChI=1S/C22H17Cl2F3N6O3/c23-12-2-1-10(3-13(12)24)18-7-28-30-33(18)20-6-17(22(35)19(9-34)36-20)32-8-16(29-31-32)11-4-14(25)21(27)15(26)5-11/h1-5,7-8,17,19-20,22,34-35H,6,9H2/t17-,19-,20?,22-/m1/s1. The number of benzene rings is 2. The van der Waals surface area contributed by atoms with Crippen LogP contribution in [0.1, 0.15) is 18.7 Å². The van der Waals surface area contributed by atoms with Gasteiger partial charge in [0.05, 0.1) is 40.8 Å². The molecule has 1 aliphatic rings. The molecule has 1 unspecified atom stereocenters. The molecule has 2 N–H and O–H groups in total. The first-order valence-corrected chi connectivity index (χ1v) is 11.4. The Kier molecular flexibility index (Phi) is 6.70. The Morgan fingerprint density at radius 2 is 1.78 bits per heavy atom. The Morgan fingerprint density at radius 1 is 1.03 bits per heavy atom. The molecule has 0 amide bonds. The lowest BCUT2D eigenvalue weighted by Gasteiger charge is -2.38. The molecule has 9 nitrogen and oxygen atoms in total. The molecule has 1 fully saturated rings. The van der Waals surface area contributed by atoms with E-state index in [9.17, 15) is 23.4 Å². The van der Waals surface area contributed by atoms with E-state index in [4.69, 9.17) is 27.9 Å². The first-order chi connectivity index (χ1) is 17.3. The Morgan fingerprint density at radius 3 is 2.47 bits per heavy atom. The molecule has 4 aromatic rings. The Hall–Kier alpha value is -3.03. The van der Waals surface area contributed by atoms with Crippen molar-refractivity contribution in [2.45, 2.75) is 30.9 Å². The number of rotatable bonds is 5. The van der Waals surface area contributed by atoms with Crippen LogP contribution in [0, 0.1) is 17.5 Å².